The maximum absolute atomic E-state index is 11.4. The quantitative estimate of drug-likeness (QED) is 0.658. The molecule has 1 rings (SSSR count). The fourth-order valence-electron chi connectivity index (χ4n) is 1.76. The molecule has 1 atom stereocenters. The molecule has 0 aromatic heterocycles. The van der Waals surface area contributed by atoms with Crippen LogP contribution in [0.1, 0.15) is 35.9 Å². The minimum Gasteiger partial charge on any atom is -0.478 e. The van der Waals surface area contributed by atoms with Gasteiger partial charge in [0.25, 0.3) is 0 Å². The molecule has 1 aromatic carbocycles. The number of halogens is 1. The molecule has 3 nitrogen and oxygen atoms in total. The van der Waals surface area contributed by atoms with Crippen molar-refractivity contribution in [2.24, 2.45) is 0 Å². The second kappa shape index (κ2) is 6.36. The number of alkyl halides is 1. The lowest BCUT2D eigenvalue weighted by Gasteiger charge is -2.14. The van der Waals surface area contributed by atoms with Gasteiger partial charge in [-0.25, -0.2) is 4.79 Å². The average Bonchev–Trinajstić information content (AvgIpc) is 2.34. The molecular weight excluding hydrogens is 252 g/mol. The highest BCUT2D eigenvalue weighted by Crippen LogP contribution is 2.29. The predicted octanol–water partition coefficient (Wildman–Crippen LogP) is 3.22. The van der Waals surface area contributed by atoms with E-state index in [-0.39, 0.29) is 5.78 Å². The zero-order chi connectivity index (χ0) is 13.7. The number of carboxylic acid groups (broad SMARTS) is 1. The number of carbonyl (C=O) groups is 2. The fraction of sp³-hybridized carbons (Fsp3) is 0.286. The number of Topliss-reactive ketones (excluding diaryl/α,β-unsaturated/α-hetero) is 1. The Morgan fingerprint density at radius 1 is 1.44 bits per heavy atom. The highest BCUT2D eigenvalue weighted by Gasteiger charge is 2.19. The van der Waals surface area contributed by atoms with Gasteiger partial charge in [-0.15, -0.1) is 11.6 Å². The van der Waals surface area contributed by atoms with Crippen LogP contribution in [0.4, 0.5) is 0 Å². The lowest BCUT2D eigenvalue weighted by molar-refractivity contribution is -0.131. The largest absolute Gasteiger partial charge is 0.478 e. The summed E-state index contributed by atoms with van der Waals surface area (Å²) in [4.78, 5) is 22.0. The Morgan fingerprint density at radius 3 is 2.61 bits per heavy atom. The van der Waals surface area contributed by atoms with E-state index in [4.69, 9.17) is 16.7 Å². The van der Waals surface area contributed by atoms with Crippen molar-refractivity contribution < 1.29 is 14.7 Å². The highest BCUT2D eigenvalue weighted by molar-refractivity contribution is 6.31. The Balaban J connectivity index is 3.33. The van der Waals surface area contributed by atoms with E-state index in [2.05, 4.69) is 0 Å². The summed E-state index contributed by atoms with van der Waals surface area (Å²) in [6.45, 7) is 3.39. The molecule has 0 fully saturated rings. The first-order chi connectivity index (χ1) is 8.47. The normalized spacial score (nSPS) is 12.6. The summed E-state index contributed by atoms with van der Waals surface area (Å²) in [5, 5.41) is 7.91. The van der Waals surface area contributed by atoms with E-state index in [0.29, 0.717) is 11.1 Å². The molecule has 0 amide bonds. The molecule has 0 aliphatic carbocycles. The first-order valence-electron chi connectivity index (χ1n) is 5.64. The van der Waals surface area contributed by atoms with Gasteiger partial charge in [-0.3, -0.25) is 4.79 Å². The van der Waals surface area contributed by atoms with Crippen molar-refractivity contribution in [3.05, 3.63) is 41.0 Å². The number of aryl methyl sites for hydroxylation is 1. The monoisotopic (exact) mass is 266 g/mol. The standard InChI is InChI=1S/C14H15ClO3/c1-3-10-5-4-6-11(7-8-12(17)18)13(10)14(15)9(2)16/h4-8,14H,3H2,1-2H3,(H,17,18). The number of carboxylic acids is 1. The van der Waals surface area contributed by atoms with E-state index < -0.39 is 11.3 Å². The highest BCUT2D eigenvalue weighted by atomic mass is 35.5. The summed E-state index contributed by atoms with van der Waals surface area (Å²) < 4.78 is 0. The van der Waals surface area contributed by atoms with E-state index in [1.165, 1.54) is 13.0 Å². The SMILES string of the molecule is CCc1cccc(C=CC(=O)O)c1C(Cl)C(C)=O. The Hall–Kier alpha value is -1.61. The van der Waals surface area contributed by atoms with Gasteiger partial charge in [-0.2, -0.15) is 0 Å². The topological polar surface area (TPSA) is 54.4 Å². The van der Waals surface area contributed by atoms with E-state index in [1.807, 2.05) is 19.1 Å². The van der Waals surface area contributed by atoms with E-state index in [1.54, 1.807) is 6.07 Å². The lowest BCUT2D eigenvalue weighted by atomic mass is 9.94. The number of hydrogen-bond acceptors (Lipinski definition) is 2. The van der Waals surface area contributed by atoms with E-state index in [0.717, 1.165) is 18.1 Å². The van der Waals surface area contributed by atoms with Gasteiger partial charge >= 0.3 is 5.97 Å². The lowest BCUT2D eigenvalue weighted by Crippen LogP contribution is -2.07. The first kappa shape index (κ1) is 14.5. The van der Waals surface area contributed by atoms with Crippen molar-refractivity contribution >= 4 is 29.4 Å². The Morgan fingerprint density at radius 2 is 2.11 bits per heavy atom. The summed E-state index contributed by atoms with van der Waals surface area (Å²) in [6, 6.07) is 5.48. The second-order valence-corrected chi connectivity index (χ2v) is 4.35. The van der Waals surface area contributed by atoms with Gasteiger partial charge in [0.1, 0.15) is 5.38 Å². The van der Waals surface area contributed by atoms with Gasteiger partial charge in [0, 0.05) is 6.08 Å². The summed E-state index contributed by atoms with van der Waals surface area (Å²) in [7, 11) is 0. The van der Waals surface area contributed by atoms with Crippen LogP contribution in [0, 0.1) is 0 Å². The molecule has 0 heterocycles. The molecule has 0 saturated heterocycles. The van der Waals surface area contributed by atoms with Crippen molar-refractivity contribution in [1.82, 2.24) is 0 Å². The smallest absolute Gasteiger partial charge is 0.328 e. The maximum Gasteiger partial charge on any atom is 0.328 e. The van der Waals surface area contributed by atoms with Crippen LogP contribution >= 0.6 is 11.6 Å². The molecule has 0 spiro atoms. The third-order valence-electron chi connectivity index (χ3n) is 2.63. The molecular formula is C14H15ClO3. The van der Waals surface area contributed by atoms with Gasteiger partial charge in [-0.05, 0) is 36.1 Å². The second-order valence-electron chi connectivity index (χ2n) is 3.92. The van der Waals surface area contributed by atoms with Crippen LogP contribution in [0.25, 0.3) is 6.08 Å². The third-order valence-corrected chi connectivity index (χ3v) is 3.15. The van der Waals surface area contributed by atoms with Crippen molar-refractivity contribution in [3.8, 4) is 0 Å². The summed E-state index contributed by atoms with van der Waals surface area (Å²) in [5.41, 5.74) is 2.33. The number of aliphatic carboxylic acids is 1. The van der Waals surface area contributed by atoms with Gasteiger partial charge in [-0.1, -0.05) is 25.1 Å². The van der Waals surface area contributed by atoms with Crippen molar-refractivity contribution in [1.29, 1.82) is 0 Å². The predicted molar refractivity (Wildman–Crippen MR) is 71.8 cm³/mol. The van der Waals surface area contributed by atoms with Crippen LogP contribution < -0.4 is 0 Å². The third kappa shape index (κ3) is 3.44. The zero-order valence-corrected chi connectivity index (χ0v) is 11.1. The molecule has 0 aliphatic heterocycles. The van der Waals surface area contributed by atoms with Crippen molar-refractivity contribution in [2.45, 2.75) is 25.6 Å². The zero-order valence-electron chi connectivity index (χ0n) is 10.3. The summed E-state index contributed by atoms with van der Waals surface area (Å²) in [5.74, 6) is -1.18. The van der Waals surface area contributed by atoms with E-state index >= 15 is 0 Å². The number of hydrogen-bond donors (Lipinski definition) is 1. The Bertz CT molecular complexity index is 492. The van der Waals surface area contributed by atoms with Gasteiger partial charge in [0.15, 0.2) is 5.78 Å². The van der Waals surface area contributed by atoms with Gasteiger partial charge in [0.2, 0.25) is 0 Å². The Kier molecular flexibility index (Phi) is 5.10. The fourth-order valence-corrected chi connectivity index (χ4v) is 2.03. The number of ketones is 1. The van der Waals surface area contributed by atoms with E-state index in [9.17, 15) is 9.59 Å². The maximum atomic E-state index is 11.4. The molecule has 1 unspecified atom stereocenters. The van der Waals surface area contributed by atoms with Crippen molar-refractivity contribution in [2.75, 3.05) is 0 Å². The number of benzene rings is 1. The van der Waals surface area contributed by atoms with Crippen LogP contribution in [0.3, 0.4) is 0 Å². The Labute approximate surface area is 111 Å². The minimum atomic E-state index is -1.03. The van der Waals surface area contributed by atoms with Crippen LogP contribution in [-0.4, -0.2) is 16.9 Å². The molecule has 96 valence electrons. The van der Waals surface area contributed by atoms with Crippen molar-refractivity contribution in [3.63, 3.8) is 0 Å². The average molecular weight is 267 g/mol. The molecule has 1 aromatic rings. The molecule has 0 saturated carbocycles. The number of carbonyl (C=O) groups excluding carboxylic acids is 1. The molecule has 0 bridgehead atoms. The van der Waals surface area contributed by atoms with Crippen LogP contribution in [0.15, 0.2) is 24.3 Å². The molecule has 0 aliphatic rings. The minimum absolute atomic E-state index is 0.150. The van der Waals surface area contributed by atoms with Crippen LogP contribution in [-0.2, 0) is 16.0 Å². The van der Waals surface area contributed by atoms with Crippen LogP contribution in [0.2, 0.25) is 0 Å². The van der Waals surface area contributed by atoms with Gasteiger partial charge in [0.05, 0.1) is 0 Å². The number of rotatable bonds is 5. The summed E-state index contributed by atoms with van der Waals surface area (Å²) >= 11 is 6.11. The molecule has 4 heteroatoms. The first-order valence-corrected chi connectivity index (χ1v) is 6.08. The molecule has 18 heavy (non-hydrogen) atoms. The van der Waals surface area contributed by atoms with Gasteiger partial charge < -0.3 is 5.11 Å². The van der Waals surface area contributed by atoms with Crippen LogP contribution in [0.5, 0.6) is 0 Å². The molecule has 0 radical (unpaired) electrons. The summed E-state index contributed by atoms with van der Waals surface area (Å²) in [6.07, 6.45) is 3.25. The molecule has 1 N–H and O–H groups in total.